The van der Waals surface area contributed by atoms with Crippen LogP contribution in [0.5, 0.6) is 0 Å². The third-order valence-electron chi connectivity index (χ3n) is 1.87. The molecular weight excluding hydrogens is 245 g/mol. The van der Waals surface area contributed by atoms with Gasteiger partial charge >= 0.3 is 13.6 Å². The molecule has 0 aromatic carbocycles. The van der Waals surface area contributed by atoms with Crippen LogP contribution < -0.4 is 5.44 Å². The highest BCUT2D eigenvalue weighted by molar-refractivity contribution is 7.61. The summed E-state index contributed by atoms with van der Waals surface area (Å²) in [4.78, 5) is 14.5. The molecule has 6 nitrogen and oxygen atoms in total. The van der Waals surface area contributed by atoms with E-state index >= 15 is 0 Å². The summed E-state index contributed by atoms with van der Waals surface area (Å²) in [7, 11) is -3.43. The Kier molecular flexibility index (Phi) is 4.81. The van der Waals surface area contributed by atoms with Crippen LogP contribution in [0, 0.1) is 0 Å². The third-order valence-corrected chi connectivity index (χ3v) is 3.90. The van der Waals surface area contributed by atoms with Crippen molar-refractivity contribution in [3.05, 3.63) is 23.9 Å². The van der Waals surface area contributed by atoms with Gasteiger partial charge in [-0.2, -0.15) is 0 Å². The minimum atomic E-state index is -3.43. The van der Waals surface area contributed by atoms with E-state index in [0.717, 1.165) is 6.20 Å². The lowest BCUT2D eigenvalue weighted by atomic mass is 10.3. The van der Waals surface area contributed by atoms with Gasteiger partial charge in [0.2, 0.25) is 0 Å². The Balaban J connectivity index is 3.03. The van der Waals surface area contributed by atoms with Crippen LogP contribution >= 0.6 is 7.60 Å². The number of rotatable bonds is 6. The highest BCUT2D eigenvalue weighted by atomic mass is 31.2. The fourth-order valence-electron chi connectivity index (χ4n) is 1.18. The maximum atomic E-state index is 12.2. The maximum Gasteiger partial charge on any atom is 0.379 e. The molecule has 1 heterocycles. The van der Waals surface area contributed by atoms with Gasteiger partial charge in [-0.1, -0.05) is 0 Å². The Bertz CT molecular complexity index is 421. The molecule has 0 aliphatic heterocycles. The molecular formula is C10H14NO5P. The van der Waals surface area contributed by atoms with Crippen molar-refractivity contribution in [3.63, 3.8) is 0 Å². The van der Waals surface area contributed by atoms with E-state index in [1.807, 2.05) is 0 Å². The second-order valence-corrected chi connectivity index (χ2v) is 5.01. The van der Waals surface area contributed by atoms with Gasteiger partial charge in [-0.05, 0) is 26.0 Å². The van der Waals surface area contributed by atoms with Crippen LogP contribution in [0.15, 0.2) is 18.3 Å². The molecule has 0 saturated heterocycles. The molecule has 7 heteroatoms. The Morgan fingerprint density at radius 3 is 2.29 bits per heavy atom. The number of pyridine rings is 1. The van der Waals surface area contributed by atoms with Gasteiger partial charge in [0.05, 0.1) is 18.8 Å². The van der Waals surface area contributed by atoms with Gasteiger partial charge in [0.25, 0.3) is 0 Å². The molecule has 0 bridgehead atoms. The van der Waals surface area contributed by atoms with Crippen molar-refractivity contribution in [2.45, 2.75) is 13.8 Å². The Morgan fingerprint density at radius 1 is 1.35 bits per heavy atom. The standard InChI is InChI=1S/C10H14NO5P/c1-3-15-17(14,16-4-2)9-6-5-8(7-11-9)10(12)13/h5-7H,3-4H2,1-2H3,(H,12,13). The first-order chi connectivity index (χ1) is 8.03. The van der Waals surface area contributed by atoms with Crippen molar-refractivity contribution in [2.75, 3.05) is 13.2 Å². The zero-order valence-electron chi connectivity index (χ0n) is 9.62. The summed E-state index contributed by atoms with van der Waals surface area (Å²) in [6.45, 7) is 3.83. The largest absolute Gasteiger partial charge is 0.478 e. The van der Waals surface area contributed by atoms with E-state index in [4.69, 9.17) is 14.2 Å². The van der Waals surface area contributed by atoms with E-state index in [1.165, 1.54) is 12.1 Å². The maximum absolute atomic E-state index is 12.2. The minimum Gasteiger partial charge on any atom is -0.478 e. The highest BCUT2D eigenvalue weighted by Gasteiger charge is 2.28. The average Bonchev–Trinajstić information content (AvgIpc) is 2.30. The molecule has 1 N–H and O–H groups in total. The lowest BCUT2D eigenvalue weighted by Crippen LogP contribution is -2.15. The third kappa shape index (κ3) is 3.36. The van der Waals surface area contributed by atoms with Crippen LogP contribution in [0.4, 0.5) is 0 Å². The average molecular weight is 259 g/mol. The lowest BCUT2D eigenvalue weighted by Gasteiger charge is -2.15. The van der Waals surface area contributed by atoms with Gasteiger partial charge in [0.1, 0.15) is 0 Å². The number of carboxylic acids is 1. The van der Waals surface area contributed by atoms with Gasteiger partial charge < -0.3 is 14.2 Å². The fourth-order valence-corrected chi connectivity index (χ4v) is 2.66. The molecule has 0 aliphatic rings. The molecule has 0 saturated carbocycles. The number of hydrogen-bond acceptors (Lipinski definition) is 5. The SMILES string of the molecule is CCOP(=O)(OCC)c1ccc(C(=O)O)cn1. The van der Waals surface area contributed by atoms with Crippen molar-refractivity contribution in [1.29, 1.82) is 0 Å². The molecule has 0 fully saturated rings. The molecule has 17 heavy (non-hydrogen) atoms. The molecule has 0 radical (unpaired) electrons. The lowest BCUT2D eigenvalue weighted by molar-refractivity contribution is 0.0696. The summed E-state index contributed by atoms with van der Waals surface area (Å²) in [5.74, 6) is -1.09. The van der Waals surface area contributed by atoms with Crippen molar-refractivity contribution in [1.82, 2.24) is 4.98 Å². The summed E-state index contributed by atoms with van der Waals surface area (Å²) in [5, 5.41) is 8.71. The highest BCUT2D eigenvalue weighted by Crippen LogP contribution is 2.45. The number of nitrogens with zero attached hydrogens (tertiary/aromatic N) is 1. The predicted molar refractivity (Wildman–Crippen MR) is 61.7 cm³/mol. The predicted octanol–water partition coefficient (Wildman–Crippen LogP) is 1.67. The normalized spacial score (nSPS) is 11.4. The first-order valence-electron chi connectivity index (χ1n) is 5.12. The molecule has 1 aromatic heterocycles. The van der Waals surface area contributed by atoms with Crippen LogP contribution in [0.25, 0.3) is 0 Å². The Labute approximate surface area is 99.1 Å². The van der Waals surface area contributed by atoms with E-state index in [0.29, 0.717) is 0 Å². The first-order valence-corrected chi connectivity index (χ1v) is 6.66. The molecule has 0 spiro atoms. The second-order valence-electron chi connectivity index (χ2n) is 3.04. The monoisotopic (exact) mass is 259 g/mol. The summed E-state index contributed by atoms with van der Waals surface area (Å²) in [6, 6.07) is 2.66. The van der Waals surface area contributed by atoms with E-state index in [2.05, 4.69) is 4.98 Å². The van der Waals surface area contributed by atoms with Crippen LogP contribution in [0.3, 0.4) is 0 Å². The molecule has 0 aliphatic carbocycles. The van der Waals surface area contributed by atoms with Gasteiger partial charge in [0.15, 0.2) is 5.44 Å². The topological polar surface area (TPSA) is 85.7 Å². The van der Waals surface area contributed by atoms with E-state index in [9.17, 15) is 9.36 Å². The molecule has 0 amide bonds. The van der Waals surface area contributed by atoms with Crippen LogP contribution in [0.2, 0.25) is 0 Å². The minimum absolute atomic E-state index is 0.0216. The van der Waals surface area contributed by atoms with Gasteiger partial charge in [-0.3, -0.25) is 4.57 Å². The number of carboxylic acid groups (broad SMARTS) is 1. The summed E-state index contributed by atoms with van der Waals surface area (Å²) >= 11 is 0. The van der Waals surface area contributed by atoms with E-state index in [1.54, 1.807) is 13.8 Å². The van der Waals surface area contributed by atoms with Gasteiger partial charge in [0, 0.05) is 6.20 Å². The summed E-state index contributed by atoms with van der Waals surface area (Å²) < 4.78 is 22.4. The van der Waals surface area contributed by atoms with Crippen molar-refractivity contribution in [3.8, 4) is 0 Å². The molecule has 1 aromatic rings. The van der Waals surface area contributed by atoms with E-state index in [-0.39, 0.29) is 24.2 Å². The Morgan fingerprint density at radius 2 is 1.94 bits per heavy atom. The van der Waals surface area contributed by atoms with Crippen molar-refractivity contribution < 1.29 is 23.5 Å². The quantitative estimate of drug-likeness (QED) is 0.782. The van der Waals surface area contributed by atoms with Crippen LogP contribution in [-0.4, -0.2) is 29.3 Å². The zero-order valence-corrected chi connectivity index (χ0v) is 10.5. The van der Waals surface area contributed by atoms with E-state index < -0.39 is 13.6 Å². The smallest absolute Gasteiger partial charge is 0.379 e. The number of hydrogen-bond donors (Lipinski definition) is 1. The van der Waals surface area contributed by atoms with Crippen LogP contribution in [0.1, 0.15) is 24.2 Å². The molecule has 0 atom stereocenters. The summed E-state index contributed by atoms with van der Waals surface area (Å²) in [6.07, 6.45) is 1.13. The Hall–Kier alpha value is -1.23. The van der Waals surface area contributed by atoms with Gasteiger partial charge in [-0.25, -0.2) is 9.78 Å². The molecule has 1 rings (SSSR count). The van der Waals surface area contributed by atoms with Gasteiger partial charge in [-0.15, -0.1) is 0 Å². The number of aromatic carboxylic acids is 1. The zero-order chi connectivity index (χ0) is 12.9. The number of aromatic nitrogens is 1. The van der Waals surface area contributed by atoms with Crippen molar-refractivity contribution in [2.24, 2.45) is 0 Å². The summed E-state index contributed by atoms with van der Waals surface area (Å²) in [5.41, 5.74) is 0.138. The van der Waals surface area contributed by atoms with Crippen LogP contribution in [-0.2, 0) is 13.6 Å². The number of carbonyl (C=O) groups is 1. The first kappa shape index (κ1) is 13.8. The van der Waals surface area contributed by atoms with Crippen molar-refractivity contribution >= 4 is 19.0 Å². The molecule has 94 valence electrons. The second kappa shape index (κ2) is 5.91. The fraction of sp³-hybridized carbons (Fsp3) is 0.400. The molecule has 0 unspecified atom stereocenters.